The number of rotatable bonds is 6. The lowest BCUT2D eigenvalue weighted by Gasteiger charge is -2.11. The van der Waals surface area contributed by atoms with Crippen molar-refractivity contribution in [3.63, 3.8) is 0 Å². The molecule has 1 saturated carbocycles. The van der Waals surface area contributed by atoms with Gasteiger partial charge in [-0.05, 0) is 38.1 Å². The van der Waals surface area contributed by atoms with Gasteiger partial charge in [0.1, 0.15) is 0 Å². The van der Waals surface area contributed by atoms with Crippen molar-refractivity contribution in [3.8, 4) is 0 Å². The molecule has 4 nitrogen and oxygen atoms in total. The maximum absolute atomic E-state index is 10.8. The predicted molar refractivity (Wildman–Crippen MR) is 62.3 cm³/mol. The summed E-state index contributed by atoms with van der Waals surface area (Å²) in [6.07, 6.45) is 5.90. The average molecular weight is 234 g/mol. The van der Waals surface area contributed by atoms with Crippen molar-refractivity contribution in [1.29, 1.82) is 0 Å². The predicted octanol–water partition coefficient (Wildman–Crippen LogP) is 0.704. The molecule has 2 unspecified atom stereocenters. The summed E-state index contributed by atoms with van der Waals surface area (Å²) >= 11 is 0. The Morgan fingerprint density at radius 1 is 1.27 bits per heavy atom. The molecule has 0 aromatic rings. The minimum absolute atomic E-state index is 0.536. The minimum Gasteiger partial charge on any atom is -0.314 e. The normalized spacial score (nSPS) is 27.1. The van der Waals surface area contributed by atoms with E-state index in [1.807, 2.05) is 0 Å². The summed E-state index contributed by atoms with van der Waals surface area (Å²) in [6.45, 7) is 3.72. The van der Waals surface area contributed by atoms with E-state index >= 15 is 0 Å². The van der Waals surface area contributed by atoms with E-state index in [-0.39, 0.29) is 0 Å². The Hall–Kier alpha value is -0.130. The second-order valence-electron chi connectivity index (χ2n) is 4.59. The third kappa shape index (κ3) is 6.12. The molecule has 0 bridgehead atoms. The van der Waals surface area contributed by atoms with Crippen LogP contribution >= 0.6 is 0 Å². The molecule has 0 heterocycles. The first-order valence-electron chi connectivity index (χ1n) is 5.65. The number of nitrogens with one attached hydrogen (secondary N) is 2. The van der Waals surface area contributed by atoms with Crippen LogP contribution in [0.15, 0.2) is 0 Å². The maximum atomic E-state index is 10.8. The van der Waals surface area contributed by atoms with Gasteiger partial charge in [-0.2, -0.15) is 0 Å². The first kappa shape index (κ1) is 12.9. The van der Waals surface area contributed by atoms with Gasteiger partial charge in [0, 0.05) is 12.6 Å². The molecule has 90 valence electrons. The zero-order valence-electron chi connectivity index (χ0n) is 9.62. The molecule has 1 fully saturated rings. The first-order chi connectivity index (χ1) is 6.97. The highest BCUT2D eigenvalue weighted by Gasteiger charge is 2.19. The molecule has 15 heavy (non-hydrogen) atoms. The lowest BCUT2D eigenvalue weighted by Crippen LogP contribution is -2.30. The Bertz CT molecular complexity index is 277. The van der Waals surface area contributed by atoms with E-state index < -0.39 is 10.0 Å². The van der Waals surface area contributed by atoms with Crippen molar-refractivity contribution in [2.24, 2.45) is 5.92 Å². The van der Waals surface area contributed by atoms with Crippen molar-refractivity contribution in [3.05, 3.63) is 0 Å². The van der Waals surface area contributed by atoms with Gasteiger partial charge in [0.15, 0.2) is 0 Å². The third-order valence-electron chi connectivity index (χ3n) is 2.85. The number of sulfonamides is 1. The molecule has 1 rings (SSSR count). The highest BCUT2D eigenvalue weighted by Crippen LogP contribution is 2.24. The highest BCUT2D eigenvalue weighted by atomic mass is 32.2. The van der Waals surface area contributed by atoms with Gasteiger partial charge in [-0.1, -0.05) is 6.92 Å². The van der Waals surface area contributed by atoms with Crippen LogP contribution in [-0.4, -0.2) is 33.8 Å². The fourth-order valence-corrected chi connectivity index (χ4v) is 2.56. The second-order valence-corrected chi connectivity index (χ2v) is 6.42. The fraction of sp³-hybridized carbons (Fsp3) is 1.00. The van der Waals surface area contributed by atoms with Gasteiger partial charge >= 0.3 is 0 Å². The maximum Gasteiger partial charge on any atom is 0.208 e. The van der Waals surface area contributed by atoms with Crippen LogP contribution in [0, 0.1) is 5.92 Å². The first-order valence-corrected chi connectivity index (χ1v) is 7.54. The van der Waals surface area contributed by atoms with E-state index in [9.17, 15) is 8.42 Å². The lowest BCUT2D eigenvalue weighted by molar-refractivity contribution is 0.494. The van der Waals surface area contributed by atoms with Crippen LogP contribution in [0.1, 0.15) is 32.6 Å². The Labute approximate surface area is 92.9 Å². The Kier molecular flexibility index (Phi) is 5.02. The Morgan fingerprint density at radius 2 is 2.00 bits per heavy atom. The SMILES string of the molecule is CC1CCC(NCCCNS(C)(=O)=O)C1. The van der Waals surface area contributed by atoms with E-state index in [0.717, 1.165) is 18.9 Å². The largest absolute Gasteiger partial charge is 0.314 e. The van der Waals surface area contributed by atoms with Crippen LogP contribution in [-0.2, 0) is 10.0 Å². The van der Waals surface area contributed by atoms with E-state index in [1.165, 1.54) is 25.5 Å². The molecule has 0 aliphatic heterocycles. The quantitative estimate of drug-likeness (QED) is 0.665. The molecule has 2 N–H and O–H groups in total. The van der Waals surface area contributed by atoms with E-state index in [0.29, 0.717) is 12.6 Å². The molecule has 1 aliphatic rings. The van der Waals surface area contributed by atoms with Crippen LogP contribution in [0.25, 0.3) is 0 Å². The van der Waals surface area contributed by atoms with Gasteiger partial charge < -0.3 is 5.32 Å². The van der Waals surface area contributed by atoms with Crippen molar-refractivity contribution in [2.45, 2.75) is 38.6 Å². The van der Waals surface area contributed by atoms with Gasteiger partial charge in [-0.15, -0.1) is 0 Å². The van der Waals surface area contributed by atoms with Crippen molar-refractivity contribution in [1.82, 2.24) is 10.0 Å². The van der Waals surface area contributed by atoms with Crippen LogP contribution in [0.4, 0.5) is 0 Å². The third-order valence-corrected chi connectivity index (χ3v) is 3.57. The standard InChI is InChI=1S/C10H22N2O2S/c1-9-4-5-10(8-9)11-6-3-7-12-15(2,13)14/h9-12H,3-8H2,1-2H3. The van der Waals surface area contributed by atoms with Crippen molar-refractivity contribution < 1.29 is 8.42 Å². The molecule has 5 heteroatoms. The Balaban J connectivity index is 1.98. The molecule has 2 atom stereocenters. The summed E-state index contributed by atoms with van der Waals surface area (Å²) in [5, 5.41) is 3.46. The molecule has 0 spiro atoms. The fourth-order valence-electron chi connectivity index (χ4n) is 2.04. The van der Waals surface area contributed by atoms with E-state index in [4.69, 9.17) is 0 Å². The minimum atomic E-state index is -3.01. The monoisotopic (exact) mass is 234 g/mol. The van der Waals surface area contributed by atoms with E-state index in [2.05, 4.69) is 17.0 Å². The van der Waals surface area contributed by atoms with Gasteiger partial charge in [-0.3, -0.25) is 0 Å². The molecule has 0 radical (unpaired) electrons. The second kappa shape index (κ2) is 5.82. The number of hydrogen-bond acceptors (Lipinski definition) is 3. The van der Waals surface area contributed by atoms with E-state index in [1.54, 1.807) is 0 Å². The van der Waals surface area contributed by atoms with Crippen LogP contribution in [0.5, 0.6) is 0 Å². The topological polar surface area (TPSA) is 58.2 Å². The molecule has 0 aromatic heterocycles. The van der Waals surface area contributed by atoms with Crippen molar-refractivity contribution >= 4 is 10.0 Å². The van der Waals surface area contributed by atoms with Gasteiger partial charge in [0.2, 0.25) is 10.0 Å². The van der Waals surface area contributed by atoms with Gasteiger partial charge in [0.05, 0.1) is 6.26 Å². The molecule has 0 saturated heterocycles. The summed E-state index contributed by atoms with van der Waals surface area (Å²) in [6, 6.07) is 0.651. The summed E-state index contributed by atoms with van der Waals surface area (Å²) in [5.41, 5.74) is 0. The lowest BCUT2D eigenvalue weighted by atomic mass is 10.1. The Morgan fingerprint density at radius 3 is 2.53 bits per heavy atom. The average Bonchev–Trinajstić information content (AvgIpc) is 2.49. The van der Waals surface area contributed by atoms with Gasteiger partial charge in [-0.25, -0.2) is 13.1 Å². The molecule has 0 aromatic carbocycles. The van der Waals surface area contributed by atoms with Gasteiger partial charge in [0.25, 0.3) is 0 Å². The summed E-state index contributed by atoms with van der Waals surface area (Å²) < 4.78 is 24.0. The number of hydrogen-bond donors (Lipinski definition) is 2. The summed E-state index contributed by atoms with van der Waals surface area (Å²) in [5.74, 6) is 0.844. The zero-order valence-corrected chi connectivity index (χ0v) is 10.4. The highest BCUT2D eigenvalue weighted by molar-refractivity contribution is 7.88. The van der Waals surface area contributed by atoms with Crippen LogP contribution in [0.3, 0.4) is 0 Å². The molecular formula is C10H22N2O2S. The smallest absolute Gasteiger partial charge is 0.208 e. The molecular weight excluding hydrogens is 212 g/mol. The molecule has 0 amide bonds. The summed E-state index contributed by atoms with van der Waals surface area (Å²) in [7, 11) is -3.01. The van der Waals surface area contributed by atoms with Crippen LogP contribution < -0.4 is 10.0 Å². The summed E-state index contributed by atoms with van der Waals surface area (Å²) in [4.78, 5) is 0. The molecule has 1 aliphatic carbocycles. The van der Waals surface area contributed by atoms with Crippen LogP contribution in [0.2, 0.25) is 0 Å². The van der Waals surface area contributed by atoms with Crippen molar-refractivity contribution in [2.75, 3.05) is 19.3 Å². The zero-order chi connectivity index (χ0) is 11.3.